The maximum absolute atomic E-state index is 12.1. The molecule has 6 nitrogen and oxygen atoms in total. The van der Waals surface area contributed by atoms with Gasteiger partial charge in [0.25, 0.3) is 5.91 Å². The van der Waals surface area contributed by atoms with Crippen molar-refractivity contribution in [2.24, 2.45) is 0 Å². The minimum Gasteiger partial charge on any atom is -0.351 e. The SMILES string of the molecule is CCn1nc(C)cc1C(=O)NCCCN1CCNCC1. The average Bonchev–Trinajstić information content (AvgIpc) is 2.86. The van der Waals surface area contributed by atoms with E-state index in [4.69, 9.17) is 0 Å². The number of amides is 1. The highest BCUT2D eigenvalue weighted by Crippen LogP contribution is 2.03. The number of rotatable bonds is 6. The van der Waals surface area contributed by atoms with Crippen LogP contribution in [0.5, 0.6) is 0 Å². The summed E-state index contributed by atoms with van der Waals surface area (Å²) in [6.07, 6.45) is 0.991. The van der Waals surface area contributed by atoms with Crippen molar-refractivity contribution in [3.8, 4) is 0 Å². The van der Waals surface area contributed by atoms with Gasteiger partial charge < -0.3 is 15.5 Å². The summed E-state index contributed by atoms with van der Waals surface area (Å²) in [5, 5.41) is 10.6. The summed E-state index contributed by atoms with van der Waals surface area (Å²) in [5.74, 6) is -0.0206. The highest BCUT2D eigenvalue weighted by atomic mass is 16.2. The Morgan fingerprint density at radius 1 is 1.45 bits per heavy atom. The summed E-state index contributed by atoms with van der Waals surface area (Å²) in [6, 6.07) is 1.84. The fourth-order valence-electron chi connectivity index (χ4n) is 2.50. The van der Waals surface area contributed by atoms with Crippen molar-refractivity contribution in [2.45, 2.75) is 26.8 Å². The third-order valence-corrected chi connectivity index (χ3v) is 3.58. The van der Waals surface area contributed by atoms with E-state index in [-0.39, 0.29) is 5.91 Å². The number of carbonyl (C=O) groups is 1. The normalized spacial score (nSPS) is 16.3. The summed E-state index contributed by atoms with van der Waals surface area (Å²) in [7, 11) is 0. The van der Waals surface area contributed by atoms with E-state index >= 15 is 0 Å². The van der Waals surface area contributed by atoms with Gasteiger partial charge in [-0.3, -0.25) is 9.48 Å². The standard InChI is InChI=1S/C14H25N5O/c1-3-19-13(11-12(2)17-19)14(20)16-5-4-8-18-9-6-15-7-10-18/h11,15H,3-10H2,1-2H3,(H,16,20). The number of hydrogen-bond donors (Lipinski definition) is 2. The Kier molecular flexibility index (Phi) is 5.55. The first-order valence-corrected chi connectivity index (χ1v) is 7.46. The van der Waals surface area contributed by atoms with E-state index in [1.165, 1.54) is 0 Å². The Morgan fingerprint density at radius 2 is 2.20 bits per heavy atom. The lowest BCUT2D eigenvalue weighted by Crippen LogP contribution is -2.44. The van der Waals surface area contributed by atoms with Gasteiger partial charge >= 0.3 is 0 Å². The van der Waals surface area contributed by atoms with E-state index in [0.717, 1.165) is 57.9 Å². The van der Waals surface area contributed by atoms with Crippen LogP contribution < -0.4 is 10.6 Å². The molecule has 0 aliphatic carbocycles. The van der Waals surface area contributed by atoms with Gasteiger partial charge in [-0.2, -0.15) is 5.10 Å². The van der Waals surface area contributed by atoms with Crippen LogP contribution in [0.15, 0.2) is 6.07 Å². The average molecular weight is 279 g/mol. The van der Waals surface area contributed by atoms with Crippen molar-refractivity contribution in [1.29, 1.82) is 0 Å². The van der Waals surface area contributed by atoms with Crippen molar-refractivity contribution in [3.05, 3.63) is 17.5 Å². The molecule has 0 spiro atoms. The quantitative estimate of drug-likeness (QED) is 0.732. The monoisotopic (exact) mass is 279 g/mol. The molecule has 6 heteroatoms. The van der Waals surface area contributed by atoms with Crippen LogP contribution in [0.2, 0.25) is 0 Å². The Balaban J connectivity index is 1.71. The zero-order chi connectivity index (χ0) is 14.4. The number of piperazine rings is 1. The largest absolute Gasteiger partial charge is 0.351 e. The molecule has 2 rings (SSSR count). The molecule has 0 aromatic carbocycles. The van der Waals surface area contributed by atoms with Gasteiger partial charge in [0, 0.05) is 39.3 Å². The van der Waals surface area contributed by atoms with E-state index in [0.29, 0.717) is 5.69 Å². The summed E-state index contributed by atoms with van der Waals surface area (Å²) in [6.45, 7) is 10.7. The molecule has 0 radical (unpaired) electrons. The second kappa shape index (κ2) is 7.40. The number of hydrogen-bond acceptors (Lipinski definition) is 4. The maximum atomic E-state index is 12.1. The predicted octanol–water partition coefficient (Wildman–Crippen LogP) is 0.237. The molecule has 1 aliphatic rings. The van der Waals surface area contributed by atoms with Gasteiger partial charge in [-0.15, -0.1) is 0 Å². The van der Waals surface area contributed by atoms with Crippen LogP contribution in [0.3, 0.4) is 0 Å². The minimum absolute atomic E-state index is 0.0206. The number of carbonyl (C=O) groups excluding carboxylic acids is 1. The number of nitrogens with zero attached hydrogens (tertiary/aromatic N) is 3. The van der Waals surface area contributed by atoms with E-state index in [1.807, 2.05) is 19.9 Å². The summed E-state index contributed by atoms with van der Waals surface area (Å²) >= 11 is 0. The van der Waals surface area contributed by atoms with Crippen molar-refractivity contribution in [2.75, 3.05) is 39.3 Å². The summed E-state index contributed by atoms with van der Waals surface area (Å²) in [5.41, 5.74) is 1.55. The van der Waals surface area contributed by atoms with Gasteiger partial charge in [-0.1, -0.05) is 0 Å². The first-order chi connectivity index (χ1) is 9.70. The van der Waals surface area contributed by atoms with Crippen molar-refractivity contribution in [3.63, 3.8) is 0 Å². The molecule has 20 heavy (non-hydrogen) atoms. The van der Waals surface area contributed by atoms with E-state index in [1.54, 1.807) is 4.68 Å². The van der Waals surface area contributed by atoms with E-state index < -0.39 is 0 Å². The molecule has 2 N–H and O–H groups in total. The zero-order valence-corrected chi connectivity index (χ0v) is 12.5. The number of nitrogens with one attached hydrogen (secondary N) is 2. The van der Waals surface area contributed by atoms with Crippen LogP contribution in [0.25, 0.3) is 0 Å². The van der Waals surface area contributed by atoms with Crippen molar-refractivity contribution >= 4 is 5.91 Å². The molecule has 1 saturated heterocycles. The molecular formula is C14H25N5O. The smallest absolute Gasteiger partial charge is 0.269 e. The summed E-state index contributed by atoms with van der Waals surface area (Å²) < 4.78 is 1.75. The molecule has 1 aliphatic heterocycles. The van der Waals surface area contributed by atoms with Crippen LogP contribution in [-0.4, -0.2) is 59.9 Å². The van der Waals surface area contributed by atoms with Gasteiger partial charge in [0.05, 0.1) is 5.69 Å². The summed E-state index contributed by atoms with van der Waals surface area (Å²) in [4.78, 5) is 14.5. The Labute approximate surface area is 120 Å². The lowest BCUT2D eigenvalue weighted by atomic mass is 10.3. The molecule has 1 aromatic rings. The predicted molar refractivity (Wildman–Crippen MR) is 78.9 cm³/mol. The molecule has 1 amide bonds. The van der Waals surface area contributed by atoms with Crippen LogP contribution in [0, 0.1) is 6.92 Å². The first kappa shape index (κ1) is 15.0. The second-order valence-electron chi connectivity index (χ2n) is 5.19. The highest BCUT2D eigenvalue weighted by Gasteiger charge is 2.13. The third-order valence-electron chi connectivity index (χ3n) is 3.58. The third kappa shape index (κ3) is 4.05. The van der Waals surface area contributed by atoms with Gasteiger partial charge in [0.2, 0.25) is 0 Å². The van der Waals surface area contributed by atoms with Crippen LogP contribution in [0.1, 0.15) is 29.5 Å². The van der Waals surface area contributed by atoms with Crippen LogP contribution in [-0.2, 0) is 6.54 Å². The molecule has 0 saturated carbocycles. The Bertz CT molecular complexity index is 437. The van der Waals surface area contributed by atoms with Gasteiger partial charge in [-0.05, 0) is 32.9 Å². The molecule has 1 fully saturated rings. The lowest BCUT2D eigenvalue weighted by Gasteiger charge is -2.27. The van der Waals surface area contributed by atoms with Crippen molar-refractivity contribution < 1.29 is 4.79 Å². The van der Waals surface area contributed by atoms with Gasteiger partial charge in [0.15, 0.2) is 0 Å². The first-order valence-electron chi connectivity index (χ1n) is 7.46. The Morgan fingerprint density at radius 3 is 2.90 bits per heavy atom. The lowest BCUT2D eigenvalue weighted by molar-refractivity contribution is 0.0940. The molecular weight excluding hydrogens is 254 g/mol. The van der Waals surface area contributed by atoms with Crippen molar-refractivity contribution in [1.82, 2.24) is 25.3 Å². The molecule has 2 heterocycles. The van der Waals surface area contributed by atoms with Gasteiger partial charge in [-0.25, -0.2) is 0 Å². The molecule has 0 unspecified atom stereocenters. The molecule has 1 aromatic heterocycles. The fourth-order valence-corrected chi connectivity index (χ4v) is 2.50. The fraction of sp³-hybridized carbons (Fsp3) is 0.714. The maximum Gasteiger partial charge on any atom is 0.269 e. The number of aryl methyl sites for hydroxylation is 2. The topological polar surface area (TPSA) is 62.2 Å². The highest BCUT2D eigenvalue weighted by molar-refractivity contribution is 5.92. The van der Waals surface area contributed by atoms with Gasteiger partial charge in [0.1, 0.15) is 5.69 Å². The minimum atomic E-state index is -0.0206. The Hall–Kier alpha value is -1.40. The molecule has 112 valence electrons. The van der Waals surface area contributed by atoms with E-state index in [9.17, 15) is 4.79 Å². The second-order valence-corrected chi connectivity index (χ2v) is 5.19. The van der Waals surface area contributed by atoms with E-state index in [2.05, 4.69) is 20.6 Å². The van der Waals surface area contributed by atoms with Crippen LogP contribution >= 0.6 is 0 Å². The molecule has 0 atom stereocenters. The molecule has 0 bridgehead atoms. The van der Waals surface area contributed by atoms with Crippen LogP contribution in [0.4, 0.5) is 0 Å². The zero-order valence-electron chi connectivity index (χ0n) is 12.5. The number of aromatic nitrogens is 2.